The zero-order valence-corrected chi connectivity index (χ0v) is 7.28. The number of nitro benzene ring substituents is 1. The van der Waals surface area contributed by atoms with Gasteiger partial charge >= 0.3 is 6.08 Å². The Balaban J connectivity index is 2.45. The van der Waals surface area contributed by atoms with Crippen molar-refractivity contribution in [1.82, 2.24) is 10.2 Å². The smallest absolute Gasteiger partial charge is 0.386 e. The Morgan fingerprint density at radius 2 is 2.13 bits per heavy atom. The van der Waals surface area contributed by atoms with Crippen LogP contribution in [0.1, 0.15) is 0 Å². The summed E-state index contributed by atoms with van der Waals surface area (Å²) < 4.78 is 4.60. The normalized spacial score (nSPS) is 10.1. The monoisotopic (exact) mass is 206 g/mol. The summed E-state index contributed by atoms with van der Waals surface area (Å²) in [7, 11) is 0. The zero-order valence-electron chi connectivity index (χ0n) is 7.28. The lowest BCUT2D eigenvalue weighted by atomic mass is 10.2. The summed E-state index contributed by atoms with van der Waals surface area (Å²) in [5.74, 6) is -0.0244. The maximum atomic E-state index is 10.6. The highest BCUT2D eigenvalue weighted by Crippen LogP contribution is 2.23. The second kappa shape index (κ2) is 3.37. The minimum Gasteiger partial charge on any atom is -0.386 e. The van der Waals surface area contributed by atoms with Gasteiger partial charge in [-0.3, -0.25) is 10.1 Å². The van der Waals surface area contributed by atoms with Gasteiger partial charge in [0.1, 0.15) is 0 Å². The lowest BCUT2D eigenvalue weighted by Crippen LogP contribution is -1.88. The van der Waals surface area contributed by atoms with Crippen LogP contribution in [0.5, 0.6) is 6.08 Å². The Bertz CT molecular complexity index is 508. The van der Waals surface area contributed by atoms with Gasteiger partial charge in [0.05, 0.1) is 4.92 Å². The molecule has 75 valence electrons. The molecule has 1 aromatic carbocycles. The molecule has 1 radical (unpaired) electrons. The molecule has 15 heavy (non-hydrogen) atoms. The van der Waals surface area contributed by atoms with E-state index in [1.54, 1.807) is 6.07 Å². The van der Waals surface area contributed by atoms with Crippen LogP contribution in [0.15, 0.2) is 28.7 Å². The average molecular weight is 206 g/mol. The van der Waals surface area contributed by atoms with Crippen molar-refractivity contribution in [2.24, 2.45) is 0 Å². The van der Waals surface area contributed by atoms with E-state index in [2.05, 4.69) is 14.6 Å². The number of hydrogen-bond acceptors (Lipinski definition) is 5. The van der Waals surface area contributed by atoms with Crippen molar-refractivity contribution < 1.29 is 14.4 Å². The fourth-order valence-electron chi connectivity index (χ4n) is 1.08. The number of nitrogens with zero attached hydrogens (tertiary/aromatic N) is 3. The number of benzene rings is 1. The Hall–Kier alpha value is -2.44. The third-order valence-electron chi connectivity index (χ3n) is 1.71. The summed E-state index contributed by atoms with van der Waals surface area (Å²) in [4.78, 5) is 9.92. The number of non-ortho nitro benzene ring substituents is 1. The van der Waals surface area contributed by atoms with Crippen LogP contribution in [0, 0.1) is 10.1 Å². The molecule has 0 amide bonds. The first-order valence-electron chi connectivity index (χ1n) is 3.92. The largest absolute Gasteiger partial charge is 0.459 e. The van der Waals surface area contributed by atoms with Gasteiger partial charge in [-0.15, -0.1) is 5.10 Å². The van der Waals surface area contributed by atoms with Gasteiger partial charge < -0.3 is 4.42 Å². The van der Waals surface area contributed by atoms with E-state index in [1.165, 1.54) is 18.2 Å². The Kier molecular flexibility index (Phi) is 2.05. The summed E-state index contributed by atoms with van der Waals surface area (Å²) in [5.41, 5.74) is 0.247. The first-order chi connectivity index (χ1) is 7.16. The van der Waals surface area contributed by atoms with Crippen LogP contribution in [-0.4, -0.2) is 15.1 Å². The van der Waals surface area contributed by atoms with Crippen molar-refractivity contribution in [2.45, 2.75) is 0 Å². The van der Waals surface area contributed by atoms with Gasteiger partial charge in [-0.05, 0) is 6.07 Å². The Morgan fingerprint density at radius 3 is 2.73 bits per heavy atom. The van der Waals surface area contributed by atoms with Crippen molar-refractivity contribution in [3.63, 3.8) is 0 Å². The number of nitro groups is 1. The van der Waals surface area contributed by atoms with Gasteiger partial charge in [-0.2, -0.15) is 0 Å². The number of aromatic nitrogens is 2. The summed E-state index contributed by atoms with van der Waals surface area (Å²) in [5, 5.41) is 27.6. The number of hydrogen-bond donors (Lipinski definition) is 0. The van der Waals surface area contributed by atoms with Crippen LogP contribution in [0.4, 0.5) is 5.69 Å². The average Bonchev–Trinajstić information content (AvgIpc) is 2.65. The molecule has 0 aliphatic carbocycles. The maximum Gasteiger partial charge on any atom is 0.459 e. The standard InChI is InChI=1S/C8H4N3O4/c12-8-10-9-7(15-8)5-2-1-3-6(4-5)11(13)14/h1-4H. The molecular weight excluding hydrogens is 202 g/mol. The van der Waals surface area contributed by atoms with Gasteiger partial charge in [0.25, 0.3) is 11.6 Å². The van der Waals surface area contributed by atoms with Crippen LogP contribution in [0.3, 0.4) is 0 Å². The molecule has 1 aromatic heterocycles. The van der Waals surface area contributed by atoms with Crippen LogP contribution < -0.4 is 0 Å². The van der Waals surface area contributed by atoms with E-state index in [1.807, 2.05) is 0 Å². The molecule has 0 spiro atoms. The van der Waals surface area contributed by atoms with E-state index in [4.69, 9.17) is 0 Å². The lowest BCUT2D eigenvalue weighted by molar-refractivity contribution is -0.384. The Labute approximate surface area is 83.1 Å². The van der Waals surface area contributed by atoms with Gasteiger partial charge in [0, 0.05) is 17.7 Å². The predicted octanol–water partition coefficient (Wildman–Crippen LogP) is 1.79. The van der Waals surface area contributed by atoms with Crippen molar-refractivity contribution in [3.05, 3.63) is 34.4 Å². The molecule has 7 nitrogen and oxygen atoms in total. The SMILES string of the molecule is [O]c1nnc(-c2cccc([N+](=O)[O-])c2)o1. The van der Waals surface area contributed by atoms with Crippen LogP contribution in [-0.2, 0) is 5.11 Å². The van der Waals surface area contributed by atoms with Crippen molar-refractivity contribution >= 4 is 5.69 Å². The summed E-state index contributed by atoms with van der Waals surface area (Å²) in [6.07, 6.45) is -0.823. The molecule has 2 aromatic rings. The summed E-state index contributed by atoms with van der Waals surface area (Å²) in [6.45, 7) is 0. The molecular formula is C8H4N3O4. The molecule has 2 rings (SSSR count). The lowest BCUT2D eigenvalue weighted by Gasteiger charge is -1.93. The first kappa shape index (κ1) is 9.13. The van der Waals surface area contributed by atoms with E-state index in [-0.39, 0.29) is 11.6 Å². The zero-order chi connectivity index (χ0) is 10.8. The van der Waals surface area contributed by atoms with Gasteiger partial charge in [-0.1, -0.05) is 11.2 Å². The molecule has 0 fully saturated rings. The Morgan fingerprint density at radius 1 is 1.33 bits per heavy atom. The third kappa shape index (κ3) is 1.75. The first-order valence-corrected chi connectivity index (χ1v) is 3.92. The molecule has 0 N–H and O–H groups in total. The van der Waals surface area contributed by atoms with Gasteiger partial charge in [0.2, 0.25) is 0 Å². The molecule has 0 saturated heterocycles. The second-order valence-corrected chi connectivity index (χ2v) is 2.68. The fraction of sp³-hybridized carbons (Fsp3) is 0. The van der Waals surface area contributed by atoms with Crippen LogP contribution in [0.25, 0.3) is 11.5 Å². The topological polar surface area (TPSA) is 102 Å². The van der Waals surface area contributed by atoms with E-state index < -0.39 is 11.0 Å². The van der Waals surface area contributed by atoms with Crippen molar-refractivity contribution in [2.75, 3.05) is 0 Å². The molecule has 0 aliphatic rings. The van der Waals surface area contributed by atoms with Crippen molar-refractivity contribution in [3.8, 4) is 17.5 Å². The highest BCUT2D eigenvalue weighted by Gasteiger charge is 2.12. The number of rotatable bonds is 2. The summed E-state index contributed by atoms with van der Waals surface area (Å²) in [6, 6.07) is 5.60. The van der Waals surface area contributed by atoms with Gasteiger partial charge in [0.15, 0.2) is 0 Å². The molecule has 0 atom stereocenters. The third-order valence-corrected chi connectivity index (χ3v) is 1.71. The molecule has 0 unspecified atom stereocenters. The fourth-order valence-corrected chi connectivity index (χ4v) is 1.08. The van der Waals surface area contributed by atoms with E-state index in [0.717, 1.165) is 0 Å². The summed E-state index contributed by atoms with van der Waals surface area (Å²) >= 11 is 0. The predicted molar refractivity (Wildman–Crippen MR) is 46.5 cm³/mol. The van der Waals surface area contributed by atoms with E-state index >= 15 is 0 Å². The van der Waals surface area contributed by atoms with Crippen molar-refractivity contribution in [1.29, 1.82) is 0 Å². The highest BCUT2D eigenvalue weighted by atomic mass is 16.6. The molecule has 7 heteroatoms. The minimum atomic E-state index is -0.823. The minimum absolute atomic E-state index is 0.0244. The van der Waals surface area contributed by atoms with Gasteiger partial charge in [-0.25, -0.2) is 5.11 Å². The highest BCUT2D eigenvalue weighted by molar-refractivity contribution is 5.57. The van der Waals surface area contributed by atoms with Crippen LogP contribution in [0.2, 0.25) is 0 Å². The molecule has 0 bridgehead atoms. The van der Waals surface area contributed by atoms with E-state index in [0.29, 0.717) is 5.56 Å². The maximum absolute atomic E-state index is 10.6. The quantitative estimate of drug-likeness (QED) is 0.550. The second-order valence-electron chi connectivity index (χ2n) is 2.68. The van der Waals surface area contributed by atoms with Crippen LogP contribution >= 0.6 is 0 Å². The molecule has 0 aliphatic heterocycles. The molecule has 0 saturated carbocycles. The van der Waals surface area contributed by atoms with E-state index in [9.17, 15) is 15.2 Å². The molecule has 1 heterocycles.